The van der Waals surface area contributed by atoms with Crippen LogP contribution in [0.25, 0.3) is 0 Å². The zero-order valence-corrected chi connectivity index (χ0v) is 19.5. The third-order valence-electron chi connectivity index (χ3n) is 5.76. The van der Waals surface area contributed by atoms with E-state index in [-0.39, 0.29) is 24.1 Å². The number of aliphatic hydroxyl groups excluding tert-OH is 4. The highest BCUT2D eigenvalue weighted by molar-refractivity contribution is 5.42. The fourth-order valence-electron chi connectivity index (χ4n) is 4.04. The van der Waals surface area contributed by atoms with Crippen LogP contribution in [0.15, 0.2) is 12.1 Å². The predicted octanol–water partition coefficient (Wildman–Crippen LogP) is 1.39. The molecule has 1 aromatic heterocycles. The summed E-state index contributed by atoms with van der Waals surface area (Å²) in [5.41, 5.74) is 2.79. The number of aromatic nitrogens is 2. The highest BCUT2D eigenvalue weighted by Gasteiger charge is 2.45. The summed E-state index contributed by atoms with van der Waals surface area (Å²) in [5, 5.41) is 44.4. The van der Waals surface area contributed by atoms with E-state index in [0.717, 1.165) is 5.69 Å². The van der Waals surface area contributed by atoms with Crippen LogP contribution in [-0.2, 0) is 11.2 Å². The Kier molecular flexibility index (Phi) is 7.96. The maximum absolute atomic E-state index is 14.6. The highest BCUT2D eigenvalue weighted by Crippen LogP contribution is 2.32. The Morgan fingerprint density at radius 1 is 1.15 bits per heavy atom. The van der Waals surface area contributed by atoms with Crippen LogP contribution in [0.2, 0.25) is 0 Å². The minimum absolute atomic E-state index is 0.00490. The molecule has 1 fully saturated rings. The van der Waals surface area contributed by atoms with Gasteiger partial charge < -0.3 is 34.6 Å². The van der Waals surface area contributed by atoms with E-state index in [1.807, 2.05) is 26.8 Å². The van der Waals surface area contributed by atoms with Crippen LogP contribution in [0.3, 0.4) is 0 Å². The van der Waals surface area contributed by atoms with E-state index >= 15 is 0 Å². The van der Waals surface area contributed by atoms with Crippen molar-refractivity contribution in [1.82, 2.24) is 9.78 Å². The number of ether oxygens (including phenoxy) is 3. The quantitative estimate of drug-likeness (QED) is 0.458. The van der Waals surface area contributed by atoms with Crippen LogP contribution in [0.4, 0.5) is 4.39 Å². The van der Waals surface area contributed by atoms with Gasteiger partial charge in [-0.05, 0) is 51.8 Å². The third kappa shape index (κ3) is 5.15. The molecule has 1 saturated heterocycles. The molecular formula is C23H33FN2O7. The second-order valence-corrected chi connectivity index (χ2v) is 8.56. The maximum atomic E-state index is 14.6. The molecule has 3 rings (SSSR count). The van der Waals surface area contributed by atoms with Crippen LogP contribution in [0.1, 0.15) is 49.2 Å². The van der Waals surface area contributed by atoms with Gasteiger partial charge in [0, 0.05) is 23.7 Å². The third-order valence-corrected chi connectivity index (χ3v) is 5.76. The average Bonchev–Trinajstić information content (AvgIpc) is 3.06. The molecule has 0 radical (unpaired) electrons. The zero-order valence-electron chi connectivity index (χ0n) is 19.5. The molecule has 1 aliphatic rings. The van der Waals surface area contributed by atoms with E-state index in [2.05, 4.69) is 5.10 Å². The Morgan fingerprint density at radius 2 is 1.85 bits per heavy atom. The molecule has 0 bridgehead atoms. The Bertz CT molecular complexity index is 940. The number of nitrogens with zero attached hydrogens (tertiary/aromatic N) is 2. The largest absolute Gasteiger partial charge is 0.491 e. The number of aliphatic hydroxyl groups is 4. The van der Waals surface area contributed by atoms with Gasteiger partial charge in [0.1, 0.15) is 24.4 Å². The zero-order chi connectivity index (χ0) is 24.4. The normalized spacial score (nSPS) is 25.5. The van der Waals surface area contributed by atoms with E-state index in [9.17, 15) is 24.8 Å². The summed E-state index contributed by atoms with van der Waals surface area (Å²) in [5.74, 6) is -0.0942. The van der Waals surface area contributed by atoms with Crippen LogP contribution >= 0.6 is 0 Å². The van der Waals surface area contributed by atoms with Gasteiger partial charge in [-0.2, -0.15) is 0 Å². The molecule has 4 N–H and O–H groups in total. The monoisotopic (exact) mass is 468 g/mol. The smallest absolute Gasteiger partial charge is 0.239 e. The Morgan fingerprint density at radius 3 is 2.42 bits per heavy atom. The van der Waals surface area contributed by atoms with Crippen molar-refractivity contribution < 1.29 is 39.0 Å². The lowest BCUT2D eigenvalue weighted by Crippen LogP contribution is -2.60. The van der Waals surface area contributed by atoms with Gasteiger partial charge in [-0.15, -0.1) is 5.10 Å². The van der Waals surface area contributed by atoms with Crippen molar-refractivity contribution in [1.29, 1.82) is 0 Å². The van der Waals surface area contributed by atoms with E-state index in [1.54, 1.807) is 18.5 Å². The molecule has 1 aliphatic heterocycles. The summed E-state index contributed by atoms with van der Waals surface area (Å²) in [7, 11) is 0. The van der Waals surface area contributed by atoms with E-state index in [4.69, 9.17) is 14.2 Å². The topological polar surface area (TPSA) is 126 Å². The number of halogens is 1. The Balaban J connectivity index is 1.95. The SMILES string of the molecule is CCOc1c(C)cc(Cc2c(O[C@@H]3O[C@H](CO)[C@@H](O)[C@H](O)[C@H]3O)nn(C(C)C)c2C)cc1F. The standard InChI is InChI=1S/C23H33FN2O7/c1-6-31-21-12(4)7-14(9-16(21)24)8-15-13(5)26(11(2)3)25-22(15)33-23-20(30)19(29)18(28)17(10-27)32-23/h7,9,11,17-20,23,27-30H,6,8,10H2,1-5H3/t17-,18-,19+,20-,23+/m1/s1. The molecule has 0 saturated carbocycles. The van der Waals surface area contributed by atoms with Gasteiger partial charge in [-0.3, -0.25) is 4.68 Å². The van der Waals surface area contributed by atoms with Crippen LogP contribution in [-0.4, -0.2) is 74.1 Å². The van der Waals surface area contributed by atoms with Crippen molar-refractivity contribution >= 4 is 0 Å². The highest BCUT2D eigenvalue weighted by atomic mass is 19.1. The molecule has 2 heterocycles. The molecule has 5 atom stereocenters. The lowest BCUT2D eigenvalue weighted by molar-refractivity contribution is -0.278. The van der Waals surface area contributed by atoms with Gasteiger partial charge in [0.2, 0.25) is 12.2 Å². The second kappa shape index (κ2) is 10.4. The van der Waals surface area contributed by atoms with Gasteiger partial charge in [0.05, 0.1) is 13.2 Å². The summed E-state index contributed by atoms with van der Waals surface area (Å²) < 4.78 is 33.1. The number of hydrogen-bond donors (Lipinski definition) is 4. The summed E-state index contributed by atoms with van der Waals surface area (Å²) in [4.78, 5) is 0. The molecule has 184 valence electrons. The molecule has 0 unspecified atom stereocenters. The molecule has 2 aromatic rings. The van der Waals surface area contributed by atoms with Crippen LogP contribution in [0.5, 0.6) is 11.6 Å². The van der Waals surface area contributed by atoms with Gasteiger partial charge >= 0.3 is 0 Å². The van der Waals surface area contributed by atoms with Gasteiger partial charge in [0.15, 0.2) is 11.6 Å². The van der Waals surface area contributed by atoms with Crippen molar-refractivity contribution in [2.75, 3.05) is 13.2 Å². The first-order valence-electron chi connectivity index (χ1n) is 11.1. The number of rotatable bonds is 8. The molecular weight excluding hydrogens is 435 g/mol. The number of benzene rings is 1. The van der Waals surface area contributed by atoms with Crippen molar-refractivity contribution in [2.24, 2.45) is 0 Å². The van der Waals surface area contributed by atoms with Crippen molar-refractivity contribution in [3.63, 3.8) is 0 Å². The van der Waals surface area contributed by atoms with E-state index < -0.39 is 43.1 Å². The summed E-state index contributed by atoms with van der Waals surface area (Å²) in [6, 6.07) is 3.23. The molecule has 0 aliphatic carbocycles. The second-order valence-electron chi connectivity index (χ2n) is 8.56. The first kappa shape index (κ1) is 25.4. The van der Waals surface area contributed by atoms with Crippen LogP contribution in [0, 0.1) is 19.7 Å². The maximum Gasteiger partial charge on any atom is 0.239 e. The summed E-state index contributed by atoms with van der Waals surface area (Å²) >= 11 is 0. The molecule has 10 heteroatoms. The first-order valence-corrected chi connectivity index (χ1v) is 11.1. The molecule has 9 nitrogen and oxygen atoms in total. The lowest BCUT2D eigenvalue weighted by atomic mass is 9.99. The summed E-state index contributed by atoms with van der Waals surface area (Å²) in [6.45, 7) is 9.10. The number of aryl methyl sites for hydroxylation is 1. The lowest BCUT2D eigenvalue weighted by Gasteiger charge is -2.39. The van der Waals surface area contributed by atoms with Gasteiger partial charge in [-0.1, -0.05) is 6.07 Å². The van der Waals surface area contributed by atoms with E-state index in [0.29, 0.717) is 23.3 Å². The molecule has 0 amide bonds. The number of hydrogen-bond acceptors (Lipinski definition) is 8. The minimum Gasteiger partial charge on any atom is -0.491 e. The van der Waals surface area contributed by atoms with Crippen molar-refractivity contribution in [3.8, 4) is 11.6 Å². The Hall–Kier alpha value is -2.24. The molecule has 33 heavy (non-hydrogen) atoms. The molecule has 0 spiro atoms. The van der Waals surface area contributed by atoms with Crippen molar-refractivity contribution in [2.45, 2.75) is 77.8 Å². The fraction of sp³-hybridized carbons (Fsp3) is 0.609. The Labute approximate surface area is 192 Å². The molecule has 1 aromatic carbocycles. The van der Waals surface area contributed by atoms with Gasteiger partial charge in [-0.25, -0.2) is 4.39 Å². The van der Waals surface area contributed by atoms with Crippen LogP contribution < -0.4 is 9.47 Å². The van der Waals surface area contributed by atoms with E-state index in [1.165, 1.54) is 6.07 Å². The van der Waals surface area contributed by atoms with Gasteiger partial charge in [0.25, 0.3) is 0 Å². The predicted molar refractivity (Wildman–Crippen MR) is 117 cm³/mol. The van der Waals surface area contributed by atoms with Crippen molar-refractivity contribution in [3.05, 3.63) is 40.3 Å². The first-order chi connectivity index (χ1) is 15.6. The summed E-state index contributed by atoms with van der Waals surface area (Å²) in [6.07, 6.45) is -6.81. The average molecular weight is 469 g/mol. The minimum atomic E-state index is -1.57. The fourth-order valence-corrected chi connectivity index (χ4v) is 4.04.